The third kappa shape index (κ3) is 5.03. The molecule has 2 aliphatic rings. The Hall–Kier alpha value is -1.44. The summed E-state index contributed by atoms with van der Waals surface area (Å²) in [5.74, 6) is 0.160. The van der Waals surface area contributed by atoms with Crippen molar-refractivity contribution in [3.05, 3.63) is 35.9 Å². The highest BCUT2D eigenvalue weighted by Gasteiger charge is 2.36. The van der Waals surface area contributed by atoms with Crippen molar-refractivity contribution in [1.29, 1.82) is 0 Å². The lowest BCUT2D eigenvalue weighted by Crippen LogP contribution is -2.51. The van der Waals surface area contributed by atoms with Crippen LogP contribution in [-0.2, 0) is 25.9 Å². The minimum atomic E-state index is -2.94. The molecule has 0 radical (unpaired) electrons. The lowest BCUT2D eigenvalue weighted by molar-refractivity contribution is -0.139. The first kappa shape index (κ1) is 18.4. The van der Waals surface area contributed by atoms with Crippen molar-refractivity contribution in [2.24, 2.45) is 5.92 Å². The van der Waals surface area contributed by atoms with Gasteiger partial charge in [-0.15, -0.1) is 0 Å². The molecule has 0 spiro atoms. The number of ether oxygens (including phenoxy) is 1. The van der Waals surface area contributed by atoms with E-state index in [4.69, 9.17) is 4.74 Å². The number of morpholine rings is 1. The zero-order valence-electron chi connectivity index (χ0n) is 14.6. The van der Waals surface area contributed by atoms with Crippen molar-refractivity contribution in [3.8, 4) is 0 Å². The minimum Gasteiger partial charge on any atom is -0.366 e. The van der Waals surface area contributed by atoms with Gasteiger partial charge in [-0.05, 0) is 24.3 Å². The summed E-state index contributed by atoms with van der Waals surface area (Å²) in [6.45, 7) is 3.29. The Morgan fingerprint density at radius 3 is 2.68 bits per heavy atom. The Labute approximate surface area is 149 Å². The molecule has 1 saturated heterocycles. The second kappa shape index (κ2) is 7.85. The fourth-order valence-corrected chi connectivity index (χ4v) is 4.64. The van der Waals surface area contributed by atoms with Gasteiger partial charge >= 0.3 is 0 Å². The van der Waals surface area contributed by atoms with Gasteiger partial charge in [0.1, 0.15) is 15.9 Å². The Morgan fingerprint density at radius 1 is 1.28 bits per heavy atom. The first-order chi connectivity index (χ1) is 11.9. The fraction of sp³-hybridized carbons (Fsp3) is 0.611. The van der Waals surface area contributed by atoms with Crippen LogP contribution in [0.25, 0.3) is 0 Å². The topological polar surface area (TPSA) is 75.7 Å². The standard InChI is InChI=1S/C18H26N2O4S/c1-25(22,23)16-9-15(10-16)11-19-18(21)17-13-20(7-8-24-17)12-14-5-3-2-4-6-14/h2-6,15-17H,7-13H2,1H3,(H,19,21). The maximum Gasteiger partial charge on any atom is 0.250 e. The third-order valence-electron chi connectivity index (χ3n) is 5.05. The van der Waals surface area contributed by atoms with Gasteiger partial charge in [-0.3, -0.25) is 9.69 Å². The predicted molar refractivity (Wildman–Crippen MR) is 95.8 cm³/mol. The highest BCUT2D eigenvalue weighted by molar-refractivity contribution is 7.91. The van der Waals surface area contributed by atoms with Crippen LogP contribution in [0.5, 0.6) is 0 Å². The maximum absolute atomic E-state index is 12.3. The van der Waals surface area contributed by atoms with Gasteiger partial charge in [0.2, 0.25) is 5.91 Å². The van der Waals surface area contributed by atoms with E-state index in [-0.39, 0.29) is 17.1 Å². The van der Waals surface area contributed by atoms with E-state index in [9.17, 15) is 13.2 Å². The van der Waals surface area contributed by atoms with Crippen LogP contribution in [0.1, 0.15) is 18.4 Å². The summed E-state index contributed by atoms with van der Waals surface area (Å²) in [4.78, 5) is 14.6. The molecule has 1 aromatic carbocycles. The number of nitrogens with zero attached hydrogens (tertiary/aromatic N) is 1. The van der Waals surface area contributed by atoms with Crippen molar-refractivity contribution in [2.45, 2.75) is 30.7 Å². The van der Waals surface area contributed by atoms with E-state index in [1.165, 1.54) is 11.8 Å². The highest BCUT2D eigenvalue weighted by atomic mass is 32.2. The van der Waals surface area contributed by atoms with E-state index in [1.54, 1.807) is 0 Å². The number of rotatable bonds is 6. The normalized spacial score (nSPS) is 27.5. The Morgan fingerprint density at radius 2 is 2.00 bits per heavy atom. The summed E-state index contributed by atoms with van der Waals surface area (Å²) in [6.07, 6.45) is 2.11. The molecule has 1 saturated carbocycles. The molecule has 7 heteroatoms. The minimum absolute atomic E-state index is 0.0967. The molecule has 1 N–H and O–H groups in total. The van der Waals surface area contributed by atoms with Gasteiger partial charge in [0.05, 0.1) is 11.9 Å². The van der Waals surface area contributed by atoms with Crippen molar-refractivity contribution < 1.29 is 17.9 Å². The fourth-order valence-electron chi connectivity index (χ4n) is 3.40. The monoisotopic (exact) mass is 366 g/mol. The van der Waals surface area contributed by atoms with Crippen molar-refractivity contribution in [2.75, 3.05) is 32.5 Å². The van der Waals surface area contributed by atoms with Crippen LogP contribution in [0, 0.1) is 5.92 Å². The van der Waals surface area contributed by atoms with E-state index in [0.29, 0.717) is 32.5 Å². The van der Waals surface area contributed by atoms with Gasteiger partial charge in [-0.1, -0.05) is 30.3 Å². The summed E-state index contributed by atoms with van der Waals surface area (Å²) in [6, 6.07) is 10.2. The molecule has 0 bridgehead atoms. The van der Waals surface area contributed by atoms with Crippen molar-refractivity contribution in [1.82, 2.24) is 10.2 Å². The summed E-state index contributed by atoms with van der Waals surface area (Å²) in [7, 11) is -2.94. The van der Waals surface area contributed by atoms with Gasteiger partial charge < -0.3 is 10.1 Å². The summed E-state index contributed by atoms with van der Waals surface area (Å²) < 4.78 is 28.5. The largest absolute Gasteiger partial charge is 0.366 e. The van der Waals surface area contributed by atoms with E-state index in [1.807, 2.05) is 18.2 Å². The number of hydrogen-bond donors (Lipinski definition) is 1. The molecule has 3 rings (SSSR count). The molecule has 6 nitrogen and oxygen atoms in total. The lowest BCUT2D eigenvalue weighted by Gasteiger charge is -2.35. The average molecular weight is 366 g/mol. The first-order valence-electron chi connectivity index (χ1n) is 8.76. The average Bonchev–Trinajstić information content (AvgIpc) is 2.53. The number of nitrogens with one attached hydrogen (secondary N) is 1. The van der Waals surface area contributed by atoms with Crippen LogP contribution in [0.3, 0.4) is 0 Å². The molecule has 25 heavy (non-hydrogen) atoms. The van der Waals surface area contributed by atoms with Crippen molar-refractivity contribution >= 4 is 15.7 Å². The molecular formula is C18H26N2O4S. The summed E-state index contributed by atoms with van der Waals surface area (Å²) >= 11 is 0. The number of amides is 1. The van der Waals surface area contributed by atoms with E-state index < -0.39 is 15.9 Å². The Kier molecular flexibility index (Phi) is 5.76. The number of benzene rings is 1. The number of sulfone groups is 1. The summed E-state index contributed by atoms with van der Waals surface area (Å²) in [5, 5.41) is 2.69. The van der Waals surface area contributed by atoms with Gasteiger partial charge in [-0.25, -0.2) is 8.42 Å². The Bertz CT molecular complexity index is 686. The maximum atomic E-state index is 12.3. The van der Waals surface area contributed by atoms with E-state index in [2.05, 4.69) is 22.3 Å². The predicted octanol–water partition coefficient (Wildman–Crippen LogP) is 0.827. The zero-order chi connectivity index (χ0) is 17.9. The highest BCUT2D eigenvalue weighted by Crippen LogP contribution is 2.31. The molecule has 1 unspecified atom stereocenters. The van der Waals surface area contributed by atoms with Crippen LogP contribution in [0.15, 0.2) is 30.3 Å². The Balaban J connectivity index is 1.42. The molecular weight excluding hydrogens is 340 g/mol. The van der Waals surface area contributed by atoms with Crippen LogP contribution in [0.4, 0.5) is 0 Å². The molecule has 1 aliphatic heterocycles. The smallest absolute Gasteiger partial charge is 0.250 e. The second-order valence-electron chi connectivity index (χ2n) is 7.11. The molecule has 1 amide bonds. The molecule has 138 valence electrons. The molecule has 1 aromatic rings. The number of carbonyl (C=O) groups is 1. The van der Waals surface area contributed by atoms with Gasteiger partial charge in [0, 0.05) is 32.4 Å². The van der Waals surface area contributed by atoms with Crippen LogP contribution >= 0.6 is 0 Å². The van der Waals surface area contributed by atoms with Crippen LogP contribution in [0.2, 0.25) is 0 Å². The number of carbonyl (C=O) groups excluding carboxylic acids is 1. The zero-order valence-corrected chi connectivity index (χ0v) is 15.4. The summed E-state index contributed by atoms with van der Waals surface area (Å²) in [5.41, 5.74) is 1.23. The van der Waals surface area contributed by atoms with Crippen molar-refractivity contribution in [3.63, 3.8) is 0 Å². The van der Waals surface area contributed by atoms with Gasteiger partial charge in [-0.2, -0.15) is 0 Å². The molecule has 2 fully saturated rings. The molecule has 1 aliphatic carbocycles. The molecule has 1 heterocycles. The van der Waals surface area contributed by atoms with E-state index >= 15 is 0 Å². The van der Waals surface area contributed by atoms with Crippen LogP contribution < -0.4 is 5.32 Å². The molecule has 1 atom stereocenters. The first-order valence-corrected chi connectivity index (χ1v) is 10.7. The second-order valence-corrected chi connectivity index (χ2v) is 9.44. The van der Waals surface area contributed by atoms with Crippen LogP contribution in [-0.4, -0.2) is 63.1 Å². The van der Waals surface area contributed by atoms with Gasteiger partial charge in [0.25, 0.3) is 0 Å². The lowest BCUT2D eigenvalue weighted by atomic mass is 9.85. The number of hydrogen-bond acceptors (Lipinski definition) is 5. The van der Waals surface area contributed by atoms with Gasteiger partial charge in [0.15, 0.2) is 0 Å². The third-order valence-corrected chi connectivity index (χ3v) is 6.65. The molecule has 0 aromatic heterocycles. The van der Waals surface area contributed by atoms with E-state index in [0.717, 1.165) is 13.1 Å². The SMILES string of the molecule is CS(=O)(=O)C1CC(CNC(=O)C2CN(Cc3ccccc3)CCO2)C1. The quantitative estimate of drug-likeness (QED) is 0.807.